The first-order valence-electron chi connectivity index (χ1n) is 16.2. The molecule has 0 unspecified atom stereocenters. The van der Waals surface area contributed by atoms with Crippen molar-refractivity contribution in [2.24, 2.45) is 0 Å². The molecule has 1 aliphatic heterocycles. The molecular weight excluding hydrogens is 568 g/mol. The third kappa shape index (κ3) is 4.99. The molecule has 6 aromatic carbocycles. The maximum atomic E-state index is 5.58. The van der Waals surface area contributed by atoms with Crippen molar-refractivity contribution in [1.82, 2.24) is 0 Å². The number of benzene rings is 6. The minimum atomic E-state index is -0.976. The molecule has 1 saturated carbocycles. The van der Waals surface area contributed by atoms with Crippen molar-refractivity contribution in [3.63, 3.8) is 0 Å². The molecule has 0 bridgehead atoms. The molecule has 217 valence electrons. The van der Waals surface area contributed by atoms with Gasteiger partial charge in [-0.05, 0) is 84.3 Å². The van der Waals surface area contributed by atoms with E-state index in [1.54, 1.807) is 17.6 Å². The Hall–Kier alpha value is -3.71. The maximum Gasteiger partial charge on any atom is 0.125 e. The van der Waals surface area contributed by atoms with E-state index in [4.69, 9.17) is 4.74 Å². The highest BCUT2D eigenvalue weighted by atomic mass is 31.1. The predicted molar refractivity (Wildman–Crippen MR) is 192 cm³/mol. The molecule has 1 nitrogen and oxygen atoms in total. The zero-order valence-electron chi connectivity index (χ0n) is 25.4. The van der Waals surface area contributed by atoms with Gasteiger partial charge in [0.15, 0.2) is 0 Å². The molecule has 0 spiro atoms. The van der Waals surface area contributed by atoms with Crippen LogP contribution in [-0.2, 0) is 12.3 Å². The summed E-state index contributed by atoms with van der Waals surface area (Å²) >= 11 is 0. The molecule has 3 heteroatoms. The molecule has 1 heterocycles. The van der Waals surface area contributed by atoms with Crippen LogP contribution < -0.4 is 20.4 Å². The monoisotopic (exact) mass is 605 g/mol. The summed E-state index contributed by atoms with van der Waals surface area (Å²) in [5.74, 6) is 0.952. The van der Waals surface area contributed by atoms with Crippen molar-refractivity contribution in [1.29, 1.82) is 0 Å². The van der Waals surface area contributed by atoms with E-state index in [1.165, 1.54) is 81.1 Å². The third-order valence-corrected chi connectivity index (χ3v) is 16.0. The molecule has 0 saturated heterocycles. The summed E-state index contributed by atoms with van der Waals surface area (Å²) in [6.07, 6.45) is 9.08. The second kappa shape index (κ2) is 12.0. The van der Waals surface area contributed by atoms with Crippen molar-refractivity contribution in [2.75, 3.05) is 7.11 Å². The van der Waals surface area contributed by atoms with E-state index in [0.717, 1.165) is 23.6 Å². The predicted octanol–water partition coefficient (Wildman–Crippen LogP) is 9.43. The number of hydrogen-bond acceptors (Lipinski definition) is 1. The first kappa shape index (κ1) is 27.8. The summed E-state index contributed by atoms with van der Waals surface area (Å²) in [6, 6.07) is 46.4. The highest BCUT2D eigenvalue weighted by Gasteiger charge is 2.33. The lowest BCUT2D eigenvalue weighted by Crippen LogP contribution is -2.51. The average Bonchev–Trinajstić information content (AvgIpc) is 3.27. The van der Waals surface area contributed by atoms with Gasteiger partial charge in [0.05, 0.1) is 7.11 Å². The maximum absolute atomic E-state index is 5.58. The van der Waals surface area contributed by atoms with Crippen LogP contribution in [0.3, 0.4) is 0 Å². The van der Waals surface area contributed by atoms with Gasteiger partial charge in [0, 0.05) is 0 Å². The standard InChI is InChI=1S/C41H38OPSi/c1-42-33-23-25-35(26-24-33)44(34-13-3-2-4-14-34)39-18-10-9-17-38(39)43-27-31-21-19-29-11-5-7-15-36(29)40(31)41-32(28-43)22-20-30-12-6-8-16-37(30)41/h5-12,15-26,34H,2-4,13-14,27-28H2,1H3. The van der Waals surface area contributed by atoms with Gasteiger partial charge >= 0.3 is 0 Å². The second-order valence-corrected chi connectivity index (χ2v) is 17.4. The fraction of sp³-hybridized carbons (Fsp3) is 0.220. The van der Waals surface area contributed by atoms with E-state index in [9.17, 15) is 0 Å². The van der Waals surface area contributed by atoms with Crippen molar-refractivity contribution in [2.45, 2.75) is 50.0 Å². The van der Waals surface area contributed by atoms with Gasteiger partial charge in [0.2, 0.25) is 0 Å². The van der Waals surface area contributed by atoms with E-state index in [0.29, 0.717) is 0 Å². The minimum Gasteiger partial charge on any atom is -0.497 e. The molecule has 44 heavy (non-hydrogen) atoms. The van der Waals surface area contributed by atoms with Crippen LogP contribution in [0.1, 0.15) is 43.2 Å². The van der Waals surface area contributed by atoms with Gasteiger partial charge in [0.1, 0.15) is 14.5 Å². The molecule has 0 aromatic heterocycles. The number of hydrogen-bond donors (Lipinski definition) is 0. The normalized spacial score (nSPS) is 15.7. The highest BCUT2D eigenvalue weighted by molar-refractivity contribution is 7.64. The van der Waals surface area contributed by atoms with Crippen LogP contribution >= 0.6 is 7.92 Å². The Balaban J connectivity index is 1.32. The fourth-order valence-electron chi connectivity index (χ4n) is 7.87. The molecule has 0 atom stereocenters. The molecule has 0 amide bonds. The number of rotatable bonds is 5. The molecule has 1 fully saturated rings. The van der Waals surface area contributed by atoms with Gasteiger partial charge in [-0.3, -0.25) is 0 Å². The Morgan fingerprint density at radius 3 is 1.77 bits per heavy atom. The summed E-state index contributed by atoms with van der Waals surface area (Å²) in [5, 5.41) is 10.3. The zero-order valence-corrected chi connectivity index (χ0v) is 27.3. The summed E-state index contributed by atoms with van der Waals surface area (Å²) in [6.45, 7) is 0. The van der Waals surface area contributed by atoms with Crippen LogP contribution in [0.5, 0.6) is 5.75 Å². The lowest BCUT2D eigenvalue weighted by molar-refractivity contribution is 0.415. The third-order valence-electron chi connectivity index (χ3n) is 9.95. The minimum absolute atomic E-state index is 0.451. The summed E-state index contributed by atoms with van der Waals surface area (Å²) in [7, 11) is 0.345. The van der Waals surface area contributed by atoms with Crippen LogP contribution in [0.25, 0.3) is 32.7 Å². The molecular formula is C41H38OPSi. The highest BCUT2D eigenvalue weighted by Crippen LogP contribution is 2.52. The Morgan fingerprint density at radius 1 is 0.591 bits per heavy atom. The number of fused-ring (bicyclic) bond motifs is 7. The molecule has 2 aliphatic rings. The molecule has 1 radical (unpaired) electrons. The Kier molecular flexibility index (Phi) is 7.58. The van der Waals surface area contributed by atoms with Crippen LogP contribution in [0.4, 0.5) is 0 Å². The van der Waals surface area contributed by atoms with Crippen LogP contribution in [0, 0.1) is 0 Å². The summed E-state index contributed by atoms with van der Waals surface area (Å²) < 4.78 is 5.58. The molecule has 8 rings (SSSR count). The van der Waals surface area contributed by atoms with Crippen LogP contribution in [0.2, 0.25) is 5.54 Å². The van der Waals surface area contributed by atoms with E-state index >= 15 is 0 Å². The largest absolute Gasteiger partial charge is 0.497 e. The van der Waals surface area contributed by atoms with Crippen molar-refractivity contribution in [3.05, 3.63) is 132 Å². The first-order chi connectivity index (χ1) is 21.8. The fourth-order valence-corrected chi connectivity index (χ4v) is 14.6. The van der Waals surface area contributed by atoms with Gasteiger partial charge < -0.3 is 4.74 Å². The SMILES string of the molecule is COc1ccc([Si](c2ccccc2P2Cc3ccc4ccccc4c3-c3c(ccc4ccccc34)C2)C2CCCCC2)cc1. The van der Waals surface area contributed by atoms with E-state index in [2.05, 4.69) is 121 Å². The topological polar surface area (TPSA) is 9.23 Å². The van der Waals surface area contributed by atoms with Gasteiger partial charge in [-0.15, -0.1) is 0 Å². The lowest BCUT2D eigenvalue weighted by atomic mass is 9.88. The lowest BCUT2D eigenvalue weighted by Gasteiger charge is -2.32. The molecule has 6 aromatic rings. The van der Waals surface area contributed by atoms with Crippen LogP contribution in [0.15, 0.2) is 121 Å². The van der Waals surface area contributed by atoms with E-state index in [-0.39, 0.29) is 0 Å². The van der Waals surface area contributed by atoms with Crippen LogP contribution in [-0.4, -0.2) is 15.9 Å². The van der Waals surface area contributed by atoms with Crippen molar-refractivity contribution in [3.8, 4) is 16.9 Å². The van der Waals surface area contributed by atoms with Gasteiger partial charge in [-0.1, -0.05) is 154 Å². The van der Waals surface area contributed by atoms with Gasteiger partial charge in [-0.2, -0.15) is 0 Å². The smallest absolute Gasteiger partial charge is 0.125 e. The van der Waals surface area contributed by atoms with E-state index < -0.39 is 16.7 Å². The first-order valence-corrected chi connectivity index (χ1v) is 19.4. The Morgan fingerprint density at radius 2 is 1.16 bits per heavy atom. The van der Waals surface area contributed by atoms with E-state index in [1.807, 2.05) is 0 Å². The van der Waals surface area contributed by atoms with Crippen molar-refractivity contribution >= 4 is 53.9 Å². The average molecular weight is 606 g/mol. The second-order valence-electron chi connectivity index (χ2n) is 12.5. The molecule has 0 N–H and O–H groups in total. The zero-order chi connectivity index (χ0) is 29.5. The van der Waals surface area contributed by atoms with Gasteiger partial charge in [-0.25, -0.2) is 0 Å². The van der Waals surface area contributed by atoms with Crippen molar-refractivity contribution < 1.29 is 4.74 Å². The number of methoxy groups -OCH3 is 1. The number of ether oxygens (including phenoxy) is 1. The Bertz CT molecular complexity index is 1870. The van der Waals surface area contributed by atoms with Gasteiger partial charge in [0.25, 0.3) is 0 Å². The summed E-state index contributed by atoms with van der Waals surface area (Å²) in [4.78, 5) is 0. The Labute approximate surface area is 264 Å². The quantitative estimate of drug-likeness (QED) is 0.141. The molecule has 1 aliphatic carbocycles. The summed E-state index contributed by atoms with van der Waals surface area (Å²) in [5.41, 5.74) is 6.72.